The Labute approximate surface area is 140 Å². The van der Waals surface area contributed by atoms with Crippen LogP contribution in [0.25, 0.3) is 0 Å². The number of carbonyl (C=O) groups excluding carboxylic acids is 3. The van der Waals surface area contributed by atoms with E-state index in [4.69, 9.17) is 4.74 Å². The van der Waals surface area contributed by atoms with Crippen LogP contribution in [0.4, 0.5) is 4.39 Å². The van der Waals surface area contributed by atoms with Crippen LogP contribution >= 0.6 is 0 Å². The minimum Gasteiger partial charge on any atom is -0.467 e. The highest BCUT2D eigenvalue weighted by Crippen LogP contribution is 2.11. The van der Waals surface area contributed by atoms with Crippen LogP contribution in [-0.4, -0.2) is 36.6 Å². The molecule has 0 bridgehead atoms. The first-order valence-electron chi connectivity index (χ1n) is 7.48. The van der Waals surface area contributed by atoms with E-state index in [0.717, 1.165) is 12.1 Å². The van der Waals surface area contributed by atoms with Crippen LogP contribution in [0.1, 0.15) is 44.0 Å². The molecule has 24 heavy (non-hydrogen) atoms. The first kappa shape index (κ1) is 19.6. The van der Waals surface area contributed by atoms with Gasteiger partial charge >= 0.3 is 11.9 Å². The lowest BCUT2D eigenvalue weighted by molar-refractivity contribution is -0.155. The van der Waals surface area contributed by atoms with E-state index in [2.05, 4.69) is 10.1 Å². The van der Waals surface area contributed by atoms with E-state index in [1.807, 2.05) is 0 Å². The predicted molar refractivity (Wildman–Crippen MR) is 84.7 cm³/mol. The van der Waals surface area contributed by atoms with Crippen molar-refractivity contribution in [1.82, 2.24) is 5.32 Å². The van der Waals surface area contributed by atoms with Crippen molar-refractivity contribution in [1.29, 1.82) is 0 Å². The number of nitrogens with one attached hydrogen (secondary N) is 1. The molecule has 1 aromatic rings. The summed E-state index contributed by atoms with van der Waals surface area (Å²) in [6.07, 6.45) is -0.0186. The van der Waals surface area contributed by atoms with Gasteiger partial charge in [0.05, 0.1) is 7.11 Å². The molecule has 1 amide bonds. The summed E-state index contributed by atoms with van der Waals surface area (Å²) >= 11 is 0. The molecule has 0 aliphatic carbocycles. The number of ether oxygens (including phenoxy) is 2. The second-order valence-electron chi connectivity index (χ2n) is 6.18. The summed E-state index contributed by atoms with van der Waals surface area (Å²) in [6, 6.07) is 3.88. The van der Waals surface area contributed by atoms with Gasteiger partial charge in [-0.3, -0.25) is 9.59 Å². The molecule has 1 atom stereocenters. The molecule has 0 radical (unpaired) electrons. The van der Waals surface area contributed by atoms with E-state index in [9.17, 15) is 18.8 Å². The van der Waals surface area contributed by atoms with Crippen LogP contribution in [0.15, 0.2) is 24.3 Å². The molecule has 132 valence electrons. The van der Waals surface area contributed by atoms with Gasteiger partial charge in [-0.25, -0.2) is 9.18 Å². The van der Waals surface area contributed by atoms with Crippen molar-refractivity contribution in [3.63, 3.8) is 0 Å². The van der Waals surface area contributed by atoms with Crippen molar-refractivity contribution in [2.45, 2.75) is 45.3 Å². The van der Waals surface area contributed by atoms with E-state index >= 15 is 0 Å². The number of esters is 2. The van der Waals surface area contributed by atoms with Gasteiger partial charge in [0.15, 0.2) is 0 Å². The SMILES string of the molecule is COC(=O)[C@H](CCC(=O)OC(C)(C)C)NC(=O)c1ccc(F)cc1. The van der Waals surface area contributed by atoms with Crippen LogP contribution in [0.3, 0.4) is 0 Å². The largest absolute Gasteiger partial charge is 0.467 e. The number of rotatable bonds is 6. The molecule has 7 heteroatoms. The van der Waals surface area contributed by atoms with Crippen LogP contribution < -0.4 is 5.32 Å². The van der Waals surface area contributed by atoms with Crippen LogP contribution in [0.5, 0.6) is 0 Å². The molecule has 0 saturated carbocycles. The number of hydrogen-bond donors (Lipinski definition) is 1. The summed E-state index contributed by atoms with van der Waals surface area (Å²) in [5, 5.41) is 2.48. The quantitative estimate of drug-likeness (QED) is 0.804. The molecule has 0 fully saturated rings. The molecule has 1 aromatic carbocycles. The molecule has 0 aromatic heterocycles. The Kier molecular flexibility index (Phi) is 6.88. The molecule has 0 aliphatic heterocycles. The fourth-order valence-corrected chi connectivity index (χ4v) is 1.89. The van der Waals surface area contributed by atoms with Crippen molar-refractivity contribution >= 4 is 17.8 Å². The number of amides is 1. The zero-order valence-corrected chi connectivity index (χ0v) is 14.2. The molecule has 0 unspecified atom stereocenters. The Balaban J connectivity index is 2.68. The minimum absolute atomic E-state index is 0.0362. The third-order valence-corrected chi connectivity index (χ3v) is 2.95. The summed E-state index contributed by atoms with van der Waals surface area (Å²) in [5.41, 5.74) is -0.433. The smallest absolute Gasteiger partial charge is 0.328 e. The molecule has 1 N–H and O–H groups in total. The lowest BCUT2D eigenvalue weighted by Gasteiger charge is -2.21. The van der Waals surface area contributed by atoms with Gasteiger partial charge in [-0.05, 0) is 51.5 Å². The molecular weight excluding hydrogens is 317 g/mol. The van der Waals surface area contributed by atoms with Gasteiger partial charge in [0.1, 0.15) is 17.5 Å². The maximum absolute atomic E-state index is 12.9. The molecule has 1 rings (SSSR count). The Morgan fingerprint density at radius 3 is 2.25 bits per heavy atom. The van der Waals surface area contributed by atoms with Crippen molar-refractivity contribution in [3.8, 4) is 0 Å². The summed E-state index contributed by atoms with van der Waals surface area (Å²) in [4.78, 5) is 35.6. The summed E-state index contributed by atoms with van der Waals surface area (Å²) in [5.74, 6) is -2.18. The lowest BCUT2D eigenvalue weighted by atomic mass is 10.1. The van der Waals surface area contributed by atoms with Gasteiger partial charge in [-0.2, -0.15) is 0 Å². The van der Waals surface area contributed by atoms with Crippen LogP contribution in [0.2, 0.25) is 0 Å². The van der Waals surface area contributed by atoms with E-state index in [0.29, 0.717) is 0 Å². The highest BCUT2D eigenvalue weighted by molar-refractivity contribution is 5.96. The summed E-state index contributed by atoms with van der Waals surface area (Å²) < 4.78 is 22.7. The normalized spacial score (nSPS) is 12.2. The number of carbonyl (C=O) groups is 3. The standard InChI is InChI=1S/C17H22FNO5/c1-17(2,3)24-14(20)10-9-13(16(22)23-4)19-15(21)11-5-7-12(18)8-6-11/h5-8,13H,9-10H2,1-4H3,(H,19,21)/t13-/m0/s1. The van der Waals surface area contributed by atoms with Crippen molar-refractivity contribution in [3.05, 3.63) is 35.6 Å². The lowest BCUT2D eigenvalue weighted by Crippen LogP contribution is -2.42. The molecular formula is C17H22FNO5. The monoisotopic (exact) mass is 339 g/mol. The average Bonchev–Trinajstić information content (AvgIpc) is 2.49. The Hall–Kier alpha value is -2.44. The third kappa shape index (κ3) is 6.76. The third-order valence-electron chi connectivity index (χ3n) is 2.95. The fourth-order valence-electron chi connectivity index (χ4n) is 1.89. The average molecular weight is 339 g/mol. The number of halogens is 1. The molecule has 0 aliphatic rings. The second-order valence-corrected chi connectivity index (χ2v) is 6.18. The molecule has 6 nitrogen and oxygen atoms in total. The van der Waals surface area contributed by atoms with Gasteiger partial charge in [-0.1, -0.05) is 0 Å². The molecule has 0 heterocycles. The predicted octanol–water partition coefficient (Wildman–Crippen LogP) is 2.22. The molecule has 0 spiro atoms. The maximum Gasteiger partial charge on any atom is 0.328 e. The van der Waals surface area contributed by atoms with Gasteiger partial charge < -0.3 is 14.8 Å². The topological polar surface area (TPSA) is 81.7 Å². The Morgan fingerprint density at radius 1 is 1.17 bits per heavy atom. The highest BCUT2D eigenvalue weighted by Gasteiger charge is 2.24. The van der Waals surface area contributed by atoms with E-state index in [-0.39, 0.29) is 18.4 Å². The highest BCUT2D eigenvalue weighted by atomic mass is 19.1. The zero-order chi connectivity index (χ0) is 18.3. The van der Waals surface area contributed by atoms with Crippen molar-refractivity contribution in [2.24, 2.45) is 0 Å². The fraction of sp³-hybridized carbons (Fsp3) is 0.471. The second kappa shape index (κ2) is 8.42. The summed E-state index contributed by atoms with van der Waals surface area (Å²) in [6.45, 7) is 5.21. The zero-order valence-electron chi connectivity index (χ0n) is 14.2. The van der Waals surface area contributed by atoms with E-state index < -0.39 is 35.3 Å². The Morgan fingerprint density at radius 2 is 1.75 bits per heavy atom. The van der Waals surface area contributed by atoms with E-state index in [1.54, 1.807) is 20.8 Å². The van der Waals surface area contributed by atoms with Crippen molar-refractivity contribution in [2.75, 3.05) is 7.11 Å². The first-order chi connectivity index (χ1) is 11.1. The van der Waals surface area contributed by atoms with Gasteiger partial charge in [0.25, 0.3) is 5.91 Å². The van der Waals surface area contributed by atoms with Gasteiger partial charge in [-0.15, -0.1) is 0 Å². The van der Waals surface area contributed by atoms with Gasteiger partial charge in [0, 0.05) is 12.0 Å². The van der Waals surface area contributed by atoms with Gasteiger partial charge in [0.2, 0.25) is 0 Å². The first-order valence-corrected chi connectivity index (χ1v) is 7.48. The maximum atomic E-state index is 12.9. The number of methoxy groups -OCH3 is 1. The molecule has 0 saturated heterocycles. The van der Waals surface area contributed by atoms with Crippen molar-refractivity contribution < 1.29 is 28.2 Å². The summed E-state index contributed by atoms with van der Waals surface area (Å²) in [7, 11) is 1.19. The number of benzene rings is 1. The number of hydrogen-bond acceptors (Lipinski definition) is 5. The van der Waals surface area contributed by atoms with E-state index in [1.165, 1.54) is 19.2 Å². The van der Waals surface area contributed by atoms with Crippen LogP contribution in [-0.2, 0) is 19.1 Å². The minimum atomic E-state index is -1.000. The Bertz CT molecular complexity index is 592. The van der Waals surface area contributed by atoms with Crippen LogP contribution in [0, 0.1) is 5.82 Å².